The molecule has 1 heterocycles. The van der Waals surface area contributed by atoms with Gasteiger partial charge < -0.3 is 10.1 Å². The molecule has 0 aliphatic carbocycles. The SMILES string of the molecule is COc1ccc(NS(=O)(=O)c2ccc3c4c(cccc24)C(=O)N3)c(C)c1. The Bertz CT molecular complexity index is 1170. The van der Waals surface area contributed by atoms with Gasteiger partial charge in [-0.05, 0) is 48.9 Å². The van der Waals surface area contributed by atoms with Crippen LogP contribution in [0.5, 0.6) is 5.75 Å². The lowest BCUT2D eigenvalue weighted by molar-refractivity contribution is 0.103. The second-order valence-corrected chi connectivity index (χ2v) is 7.73. The van der Waals surface area contributed by atoms with E-state index in [2.05, 4.69) is 10.0 Å². The van der Waals surface area contributed by atoms with E-state index in [0.717, 1.165) is 5.56 Å². The number of carbonyl (C=O) groups is 1. The zero-order valence-electron chi connectivity index (χ0n) is 14.2. The predicted octanol–water partition coefficient (Wildman–Crippen LogP) is 3.52. The Hall–Kier alpha value is -3.06. The minimum Gasteiger partial charge on any atom is -0.497 e. The van der Waals surface area contributed by atoms with Gasteiger partial charge in [-0.3, -0.25) is 9.52 Å². The zero-order chi connectivity index (χ0) is 18.5. The molecule has 7 heteroatoms. The van der Waals surface area contributed by atoms with Crippen molar-refractivity contribution in [3.63, 3.8) is 0 Å². The number of nitrogens with one attached hydrogen (secondary N) is 2. The number of hydrogen-bond acceptors (Lipinski definition) is 4. The third-order valence-electron chi connectivity index (χ3n) is 4.46. The molecule has 3 aromatic carbocycles. The van der Waals surface area contributed by atoms with Crippen molar-refractivity contribution >= 4 is 38.1 Å². The van der Waals surface area contributed by atoms with Gasteiger partial charge in [0.1, 0.15) is 5.75 Å². The van der Waals surface area contributed by atoms with E-state index >= 15 is 0 Å². The van der Waals surface area contributed by atoms with Crippen LogP contribution in [0.1, 0.15) is 15.9 Å². The minimum absolute atomic E-state index is 0.129. The molecule has 132 valence electrons. The maximum atomic E-state index is 13.0. The van der Waals surface area contributed by atoms with Crippen molar-refractivity contribution in [3.05, 3.63) is 59.7 Å². The summed E-state index contributed by atoms with van der Waals surface area (Å²) in [6.45, 7) is 1.80. The van der Waals surface area contributed by atoms with Crippen LogP contribution in [0.4, 0.5) is 11.4 Å². The van der Waals surface area contributed by atoms with Crippen LogP contribution < -0.4 is 14.8 Å². The highest BCUT2D eigenvalue weighted by Crippen LogP contribution is 2.37. The summed E-state index contributed by atoms with van der Waals surface area (Å²) in [6.07, 6.45) is 0. The van der Waals surface area contributed by atoms with E-state index in [1.807, 2.05) is 0 Å². The quantitative estimate of drug-likeness (QED) is 0.738. The number of carbonyl (C=O) groups excluding carboxylic acids is 1. The Morgan fingerprint density at radius 1 is 1.08 bits per heavy atom. The molecule has 3 aromatic rings. The lowest BCUT2D eigenvalue weighted by atomic mass is 10.1. The molecule has 0 atom stereocenters. The monoisotopic (exact) mass is 368 g/mol. The predicted molar refractivity (Wildman–Crippen MR) is 100 cm³/mol. The van der Waals surface area contributed by atoms with Gasteiger partial charge in [0.2, 0.25) is 0 Å². The first-order valence-corrected chi connectivity index (χ1v) is 9.43. The Balaban J connectivity index is 1.83. The molecule has 0 unspecified atom stereocenters. The number of anilines is 2. The van der Waals surface area contributed by atoms with Gasteiger partial charge in [0, 0.05) is 22.0 Å². The molecule has 0 bridgehead atoms. The standard InChI is InChI=1S/C19H16N2O4S/c1-11-10-12(25-2)6-7-15(11)21-26(23,24)17-9-8-16-18-13(17)4-3-5-14(18)19(22)20-16/h3-10,21H,1-2H3,(H,20,22). The van der Waals surface area contributed by atoms with Gasteiger partial charge in [-0.1, -0.05) is 12.1 Å². The van der Waals surface area contributed by atoms with Crippen molar-refractivity contribution in [1.82, 2.24) is 0 Å². The molecule has 0 spiro atoms. The molecule has 0 saturated heterocycles. The molecule has 1 aliphatic rings. The third kappa shape index (κ3) is 2.48. The molecule has 1 amide bonds. The minimum atomic E-state index is -3.84. The molecule has 26 heavy (non-hydrogen) atoms. The number of sulfonamides is 1. The van der Waals surface area contributed by atoms with Crippen molar-refractivity contribution < 1.29 is 17.9 Å². The Labute approximate surface area is 150 Å². The smallest absolute Gasteiger partial charge is 0.262 e. The van der Waals surface area contributed by atoms with Crippen LogP contribution >= 0.6 is 0 Å². The molecule has 4 rings (SSSR count). The summed E-state index contributed by atoms with van der Waals surface area (Å²) < 4.78 is 33.8. The number of rotatable bonds is 4. The molecule has 1 aliphatic heterocycles. The van der Waals surface area contributed by atoms with Crippen LogP contribution in [0.15, 0.2) is 53.4 Å². The van der Waals surface area contributed by atoms with E-state index in [1.165, 1.54) is 6.07 Å². The Morgan fingerprint density at radius 3 is 2.62 bits per heavy atom. The maximum Gasteiger partial charge on any atom is 0.262 e. The van der Waals surface area contributed by atoms with Crippen LogP contribution in [-0.4, -0.2) is 21.4 Å². The molecule has 6 nitrogen and oxygen atoms in total. The highest BCUT2D eigenvalue weighted by molar-refractivity contribution is 7.93. The van der Waals surface area contributed by atoms with Gasteiger partial charge in [0.15, 0.2) is 0 Å². The Morgan fingerprint density at radius 2 is 1.88 bits per heavy atom. The van der Waals surface area contributed by atoms with E-state index in [4.69, 9.17) is 4.74 Å². The lowest BCUT2D eigenvalue weighted by Gasteiger charge is -2.13. The number of methoxy groups -OCH3 is 1. The van der Waals surface area contributed by atoms with Crippen LogP contribution in [0.3, 0.4) is 0 Å². The molecule has 0 fully saturated rings. The largest absolute Gasteiger partial charge is 0.497 e. The maximum absolute atomic E-state index is 13.0. The van der Waals surface area contributed by atoms with Gasteiger partial charge in [-0.2, -0.15) is 0 Å². The zero-order valence-corrected chi connectivity index (χ0v) is 15.0. The first-order valence-electron chi connectivity index (χ1n) is 7.95. The summed E-state index contributed by atoms with van der Waals surface area (Å²) in [5, 5.41) is 3.90. The lowest BCUT2D eigenvalue weighted by Crippen LogP contribution is -2.14. The van der Waals surface area contributed by atoms with Crippen molar-refractivity contribution in [2.24, 2.45) is 0 Å². The molecule has 0 saturated carbocycles. The first-order chi connectivity index (χ1) is 12.4. The molecule has 0 radical (unpaired) electrons. The van der Waals surface area contributed by atoms with Crippen LogP contribution in [-0.2, 0) is 10.0 Å². The van der Waals surface area contributed by atoms with Crippen LogP contribution in [0, 0.1) is 6.92 Å². The highest BCUT2D eigenvalue weighted by Gasteiger charge is 2.26. The number of amides is 1. The fourth-order valence-electron chi connectivity index (χ4n) is 3.17. The molecule has 2 N–H and O–H groups in total. The van der Waals surface area contributed by atoms with Crippen LogP contribution in [0.25, 0.3) is 10.8 Å². The number of aryl methyl sites for hydroxylation is 1. The van der Waals surface area contributed by atoms with E-state index in [-0.39, 0.29) is 10.8 Å². The Kier molecular flexibility index (Phi) is 3.62. The number of ether oxygens (including phenoxy) is 1. The van der Waals surface area contributed by atoms with Gasteiger partial charge in [0.05, 0.1) is 17.7 Å². The summed E-state index contributed by atoms with van der Waals surface area (Å²) in [6, 6.07) is 13.3. The number of hydrogen-bond donors (Lipinski definition) is 2. The summed E-state index contributed by atoms with van der Waals surface area (Å²) in [7, 11) is -2.28. The fraction of sp³-hybridized carbons (Fsp3) is 0.105. The summed E-state index contributed by atoms with van der Waals surface area (Å²) in [5.41, 5.74) is 2.33. The third-order valence-corrected chi connectivity index (χ3v) is 5.88. The normalized spacial score (nSPS) is 12.9. The number of benzene rings is 3. The first kappa shape index (κ1) is 16.4. The van der Waals surface area contributed by atoms with Gasteiger partial charge in [-0.15, -0.1) is 0 Å². The topological polar surface area (TPSA) is 84.5 Å². The van der Waals surface area contributed by atoms with Gasteiger partial charge in [-0.25, -0.2) is 8.42 Å². The second kappa shape index (κ2) is 5.74. The van der Waals surface area contributed by atoms with Crippen molar-refractivity contribution in [2.75, 3.05) is 17.1 Å². The second-order valence-electron chi connectivity index (χ2n) is 6.08. The summed E-state index contributed by atoms with van der Waals surface area (Å²) >= 11 is 0. The molecular weight excluding hydrogens is 352 g/mol. The van der Waals surface area contributed by atoms with Crippen molar-refractivity contribution in [1.29, 1.82) is 0 Å². The van der Waals surface area contributed by atoms with E-state index < -0.39 is 10.0 Å². The molecule has 0 aromatic heterocycles. The van der Waals surface area contributed by atoms with Crippen LogP contribution in [0.2, 0.25) is 0 Å². The summed E-state index contributed by atoms with van der Waals surface area (Å²) in [4.78, 5) is 12.1. The highest BCUT2D eigenvalue weighted by atomic mass is 32.2. The van der Waals surface area contributed by atoms with E-state index in [1.54, 1.807) is 56.5 Å². The molecular formula is C19H16N2O4S. The van der Waals surface area contributed by atoms with Crippen molar-refractivity contribution in [3.8, 4) is 5.75 Å². The summed E-state index contributed by atoms with van der Waals surface area (Å²) in [5.74, 6) is 0.430. The van der Waals surface area contributed by atoms with Gasteiger partial charge in [0.25, 0.3) is 15.9 Å². The van der Waals surface area contributed by atoms with E-state index in [0.29, 0.717) is 33.5 Å². The van der Waals surface area contributed by atoms with Crippen molar-refractivity contribution in [2.45, 2.75) is 11.8 Å². The van der Waals surface area contributed by atoms with E-state index in [9.17, 15) is 13.2 Å². The average Bonchev–Trinajstić information content (AvgIpc) is 2.94. The fourth-order valence-corrected chi connectivity index (χ4v) is 4.51. The van der Waals surface area contributed by atoms with Gasteiger partial charge >= 0.3 is 0 Å². The average molecular weight is 368 g/mol.